The molecule has 4 nitrogen and oxygen atoms in total. The number of hydrogen-bond donors (Lipinski definition) is 2. The second kappa shape index (κ2) is 9.60. The number of amides is 2. The van der Waals surface area contributed by atoms with Gasteiger partial charge in [0, 0.05) is 12.2 Å². The first kappa shape index (κ1) is 19.5. The average Bonchev–Trinajstić information content (AvgIpc) is 3.01. The summed E-state index contributed by atoms with van der Waals surface area (Å²) < 4.78 is 0. The van der Waals surface area contributed by atoms with Crippen LogP contribution in [0.15, 0.2) is 35.0 Å². The highest BCUT2D eigenvalue weighted by Gasteiger charge is 2.22. The fourth-order valence-corrected chi connectivity index (χ4v) is 4.27. The zero-order valence-corrected chi connectivity index (χ0v) is 16.8. The molecule has 26 heavy (non-hydrogen) atoms. The molecule has 2 aromatic rings. The van der Waals surface area contributed by atoms with Crippen molar-refractivity contribution in [1.82, 2.24) is 10.2 Å². The quantitative estimate of drug-likeness (QED) is 0.653. The number of nitrogens with one attached hydrogen (secondary N) is 2. The van der Waals surface area contributed by atoms with E-state index in [0.717, 1.165) is 13.1 Å². The summed E-state index contributed by atoms with van der Waals surface area (Å²) in [5, 5.41) is 11.0. The van der Waals surface area contributed by atoms with E-state index in [1.54, 1.807) is 29.5 Å². The van der Waals surface area contributed by atoms with Gasteiger partial charge in [-0.3, -0.25) is 4.90 Å². The zero-order valence-electron chi connectivity index (χ0n) is 14.5. The minimum atomic E-state index is -0.238. The topological polar surface area (TPSA) is 44.4 Å². The van der Waals surface area contributed by atoms with Gasteiger partial charge >= 0.3 is 6.03 Å². The first-order chi connectivity index (χ1) is 12.6. The molecule has 1 unspecified atom stereocenters. The van der Waals surface area contributed by atoms with Gasteiger partial charge in [-0.25, -0.2) is 4.79 Å². The van der Waals surface area contributed by atoms with Gasteiger partial charge in [-0.1, -0.05) is 36.0 Å². The number of nitrogens with zero attached hydrogens (tertiary/aromatic N) is 1. The molecule has 2 amide bonds. The van der Waals surface area contributed by atoms with Gasteiger partial charge in [0.25, 0.3) is 0 Å². The summed E-state index contributed by atoms with van der Waals surface area (Å²) in [4.78, 5) is 14.8. The highest BCUT2D eigenvalue weighted by molar-refractivity contribution is 7.08. The molecule has 0 saturated carbocycles. The molecule has 3 rings (SSSR count). The van der Waals surface area contributed by atoms with Crippen LogP contribution in [0.5, 0.6) is 0 Å². The Labute approximate surface area is 168 Å². The Balaban J connectivity index is 1.61. The van der Waals surface area contributed by atoms with Crippen LogP contribution in [0.1, 0.15) is 37.3 Å². The second-order valence-corrected chi connectivity index (χ2v) is 8.08. The summed E-state index contributed by atoms with van der Waals surface area (Å²) in [5.41, 5.74) is 1.89. The van der Waals surface area contributed by atoms with Crippen LogP contribution < -0.4 is 10.6 Å². The Kier molecular flexibility index (Phi) is 7.20. The molecule has 1 fully saturated rings. The fourth-order valence-electron chi connectivity index (χ4n) is 3.27. The van der Waals surface area contributed by atoms with Gasteiger partial charge < -0.3 is 10.6 Å². The van der Waals surface area contributed by atoms with E-state index in [-0.39, 0.29) is 12.1 Å². The van der Waals surface area contributed by atoms with Crippen LogP contribution in [0, 0.1) is 0 Å². The van der Waals surface area contributed by atoms with Crippen molar-refractivity contribution in [3.8, 4) is 0 Å². The molecule has 1 aromatic carbocycles. The van der Waals surface area contributed by atoms with Crippen molar-refractivity contribution in [3.63, 3.8) is 0 Å². The third-order valence-corrected chi connectivity index (χ3v) is 6.08. The third kappa shape index (κ3) is 5.36. The Morgan fingerprint density at radius 2 is 1.88 bits per heavy atom. The van der Waals surface area contributed by atoms with Crippen molar-refractivity contribution < 1.29 is 4.79 Å². The van der Waals surface area contributed by atoms with E-state index < -0.39 is 0 Å². The van der Waals surface area contributed by atoms with E-state index in [1.807, 2.05) is 0 Å². The van der Waals surface area contributed by atoms with Gasteiger partial charge in [-0.05, 0) is 66.5 Å². The summed E-state index contributed by atoms with van der Waals surface area (Å²) >= 11 is 13.6. The van der Waals surface area contributed by atoms with Crippen LogP contribution in [-0.4, -0.2) is 30.6 Å². The average molecular weight is 412 g/mol. The number of likely N-dealkylation sites (tertiary alicyclic amines) is 1. The minimum absolute atomic E-state index is 0.207. The van der Waals surface area contributed by atoms with E-state index >= 15 is 0 Å². The second-order valence-electron chi connectivity index (χ2n) is 6.49. The van der Waals surface area contributed by atoms with E-state index in [0.29, 0.717) is 22.3 Å². The van der Waals surface area contributed by atoms with E-state index in [2.05, 4.69) is 32.4 Å². The predicted octanol–water partition coefficient (Wildman–Crippen LogP) is 5.79. The van der Waals surface area contributed by atoms with Crippen LogP contribution in [-0.2, 0) is 0 Å². The summed E-state index contributed by atoms with van der Waals surface area (Å²) in [6.07, 6.45) is 5.02. The fraction of sp³-hybridized carbons (Fsp3) is 0.421. The molecule has 0 spiro atoms. The minimum Gasteiger partial charge on any atom is -0.336 e. The van der Waals surface area contributed by atoms with Crippen molar-refractivity contribution in [2.24, 2.45) is 0 Å². The molecule has 140 valence electrons. The molecule has 1 atom stereocenters. The highest BCUT2D eigenvalue weighted by atomic mass is 35.5. The summed E-state index contributed by atoms with van der Waals surface area (Å²) in [5.74, 6) is 0. The van der Waals surface area contributed by atoms with Gasteiger partial charge in [-0.15, -0.1) is 0 Å². The standard InChI is InChI=1S/C19H23Cl2N3OS/c20-16-6-5-15(11-17(16)21)23-19(25)22-12-18(14-7-10-26-13-14)24-8-3-1-2-4-9-24/h5-7,10-11,13,18H,1-4,8-9,12H2,(H2,22,23,25). The molecule has 1 aliphatic heterocycles. The number of carbonyl (C=O) groups excluding carboxylic acids is 1. The molecule has 7 heteroatoms. The van der Waals surface area contributed by atoms with Crippen LogP contribution in [0.25, 0.3) is 0 Å². The molecule has 0 radical (unpaired) electrons. The third-order valence-electron chi connectivity index (χ3n) is 4.64. The molecule has 1 aliphatic rings. The van der Waals surface area contributed by atoms with Crippen molar-refractivity contribution >= 4 is 46.3 Å². The Hall–Kier alpha value is -1.27. The van der Waals surface area contributed by atoms with Crippen LogP contribution in [0.2, 0.25) is 10.0 Å². The maximum atomic E-state index is 12.3. The summed E-state index contributed by atoms with van der Waals surface area (Å²) in [6.45, 7) is 2.73. The van der Waals surface area contributed by atoms with Gasteiger partial charge in [0.2, 0.25) is 0 Å². The van der Waals surface area contributed by atoms with Crippen LogP contribution >= 0.6 is 34.5 Å². The molecule has 0 bridgehead atoms. The predicted molar refractivity (Wildman–Crippen MR) is 111 cm³/mol. The van der Waals surface area contributed by atoms with E-state index in [4.69, 9.17) is 23.2 Å². The van der Waals surface area contributed by atoms with Crippen LogP contribution in [0.4, 0.5) is 10.5 Å². The number of thiophene rings is 1. The largest absolute Gasteiger partial charge is 0.336 e. The molecular weight excluding hydrogens is 389 g/mol. The van der Waals surface area contributed by atoms with Crippen molar-refractivity contribution in [3.05, 3.63) is 50.6 Å². The Morgan fingerprint density at radius 3 is 2.54 bits per heavy atom. The van der Waals surface area contributed by atoms with Gasteiger partial charge in [0.1, 0.15) is 0 Å². The smallest absolute Gasteiger partial charge is 0.319 e. The Morgan fingerprint density at radius 1 is 1.12 bits per heavy atom. The van der Waals surface area contributed by atoms with Crippen molar-refractivity contribution in [2.45, 2.75) is 31.7 Å². The molecule has 1 aromatic heterocycles. The van der Waals surface area contributed by atoms with Gasteiger partial charge in [0.05, 0.1) is 16.1 Å². The SMILES string of the molecule is O=C(NCC(c1ccsc1)N1CCCCCC1)Nc1ccc(Cl)c(Cl)c1. The first-order valence-electron chi connectivity index (χ1n) is 8.89. The molecule has 2 heterocycles. The monoisotopic (exact) mass is 411 g/mol. The lowest BCUT2D eigenvalue weighted by molar-refractivity contribution is 0.199. The normalized spacial score (nSPS) is 16.7. The molecule has 0 aliphatic carbocycles. The molecule has 1 saturated heterocycles. The van der Waals surface area contributed by atoms with Crippen LogP contribution in [0.3, 0.4) is 0 Å². The van der Waals surface area contributed by atoms with Crippen molar-refractivity contribution in [1.29, 1.82) is 0 Å². The lowest BCUT2D eigenvalue weighted by Crippen LogP contribution is -2.40. The Bertz CT molecular complexity index is 716. The number of hydrogen-bond acceptors (Lipinski definition) is 3. The maximum absolute atomic E-state index is 12.3. The number of urea groups is 1. The summed E-state index contributed by atoms with van der Waals surface area (Å²) in [7, 11) is 0. The van der Waals surface area contributed by atoms with E-state index in [1.165, 1.54) is 31.2 Å². The molecule has 2 N–H and O–H groups in total. The number of carbonyl (C=O) groups is 1. The first-order valence-corrected chi connectivity index (χ1v) is 10.6. The lowest BCUT2D eigenvalue weighted by Gasteiger charge is -2.30. The van der Waals surface area contributed by atoms with Crippen molar-refractivity contribution in [2.75, 3.05) is 25.0 Å². The summed E-state index contributed by atoms with van der Waals surface area (Å²) in [6, 6.07) is 7.18. The number of benzene rings is 1. The van der Waals surface area contributed by atoms with Gasteiger partial charge in [-0.2, -0.15) is 11.3 Å². The zero-order chi connectivity index (χ0) is 18.4. The lowest BCUT2D eigenvalue weighted by atomic mass is 10.1. The highest BCUT2D eigenvalue weighted by Crippen LogP contribution is 2.26. The van der Waals surface area contributed by atoms with E-state index in [9.17, 15) is 4.79 Å². The number of anilines is 1. The van der Waals surface area contributed by atoms with Gasteiger partial charge in [0.15, 0.2) is 0 Å². The maximum Gasteiger partial charge on any atom is 0.319 e. The number of rotatable bonds is 5. The molecular formula is C19H23Cl2N3OS. The number of halogens is 2.